The smallest absolute Gasteiger partial charge is 0.273 e. The van der Waals surface area contributed by atoms with Crippen molar-refractivity contribution >= 4 is 11.6 Å². The number of carbonyl (C=O) groups is 1. The molecule has 0 spiro atoms. The van der Waals surface area contributed by atoms with Gasteiger partial charge < -0.3 is 5.32 Å². The van der Waals surface area contributed by atoms with Crippen LogP contribution in [0.3, 0.4) is 0 Å². The number of amides is 1. The molecule has 1 aromatic carbocycles. The average molecular weight is 253 g/mol. The summed E-state index contributed by atoms with van der Waals surface area (Å²) >= 11 is 0. The largest absolute Gasteiger partial charge is 0.321 e. The van der Waals surface area contributed by atoms with Crippen LogP contribution in [0.5, 0.6) is 0 Å². The van der Waals surface area contributed by atoms with Crippen LogP contribution >= 0.6 is 0 Å². The lowest BCUT2D eigenvalue weighted by Gasteiger charge is -2.05. The zero-order valence-electron chi connectivity index (χ0n) is 9.92. The van der Waals surface area contributed by atoms with Crippen molar-refractivity contribution in [3.05, 3.63) is 54.5 Å². The predicted molar refractivity (Wildman–Crippen MR) is 70.6 cm³/mol. The van der Waals surface area contributed by atoms with Crippen molar-refractivity contribution in [1.29, 1.82) is 0 Å². The third-order valence-corrected chi connectivity index (χ3v) is 2.68. The predicted octanol–water partition coefficient (Wildman–Crippen LogP) is 2.05. The molecule has 0 saturated carbocycles. The van der Waals surface area contributed by atoms with Gasteiger partial charge in [0.15, 0.2) is 0 Å². The fourth-order valence-electron chi connectivity index (χ4n) is 1.76. The van der Waals surface area contributed by atoms with Crippen molar-refractivity contribution in [2.45, 2.75) is 0 Å². The summed E-state index contributed by atoms with van der Waals surface area (Å²) in [5, 5.41) is 16.0. The van der Waals surface area contributed by atoms with E-state index < -0.39 is 0 Å². The van der Waals surface area contributed by atoms with Crippen LogP contribution < -0.4 is 5.32 Å². The summed E-state index contributed by atoms with van der Waals surface area (Å²) in [4.78, 5) is 11.9. The van der Waals surface area contributed by atoms with Crippen molar-refractivity contribution in [2.75, 3.05) is 5.32 Å². The Labute approximate surface area is 108 Å². The number of aromatic nitrogens is 4. The number of carbonyl (C=O) groups excluding carboxylic acids is 1. The van der Waals surface area contributed by atoms with E-state index in [1.807, 2.05) is 30.3 Å². The van der Waals surface area contributed by atoms with Crippen molar-refractivity contribution in [2.24, 2.45) is 0 Å². The van der Waals surface area contributed by atoms with E-state index in [1.165, 1.54) is 6.20 Å². The van der Waals surface area contributed by atoms with Gasteiger partial charge in [-0.25, -0.2) is 0 Å². The van der Waals surface area contributed by atoms with Crippen LogP contribution in [-0.2, 0) is 0 Å². The molecule has 0 fully saturated rings. The number of aromatic amines is 2. The van der Waals surface area contributed by atoms with Gasteiger partial charge in [-0.3, -0.25) is 15.0 Å². The number of hydrogen-bond acceptors (Lipinski definition) is 3. The maximum atomic E-state index is 11.9. The Kier molecular flexibility index (Phi) is 2.82. The molecule has 0 saturated heterocycles. The molecule has 0 bridgehead atoms. The second-order valence-corrected chi connectivity index (χ2v) is 3.98. The standard InChI is InChI=1S/C13H11N5O/c19-13(12-5-7-15-18-12)16-10-3-1-2-9(8-10)11-4-6-14-17-11/h1-8H,(H,14,17)(H,15,18)(H,16,19). The van der Waals surface area contributed by atoms with Gasteiger partial charge in [-0.1, -0.05) is 12.1 Å². The average Bonchev–Trinajstić information content (AvgIpc) is 3.13. The lowest BCUT2D eigenvalue weighted by molar-refractivity contribution is 0.102. The summed E-state index contributed by atoms with van der Waals surface area (Å²) in [6.07, 6.45) is 3.22. The first kappa shape index (κ1) is 11.2. The highest BCUT2D eigenvalue weighted by Crippen LogP contribution is 2.20. The minimum atomic E-state index is -0.223. The van der Waals surface area contributed by atoms with Gasteiger partial charge in [0.1, 0.15) is 5.69 Å². The van der Waals surface area contributed by atoms with Crippen LogP contribution in [0.4, 0.5) is 5.69 Å². The molecule has 1 amide bonds. The number of nitrogens with one attached hydrogen (secondary N) is 3. The first-order chi connectivity index (χ1) is 9.33. The van der Waals surface area contributed by atoms with Crippen molar-refractivity contribution in [3.63, 3.8) is 0 Å². The maximum Gasteiger partial charge on any atom is 0.273 e. The van der Waals surface area contributed by atoms with E-state index in [0.29, 0.717) is 11.4 Å². The van der Waals surface area contributed by atoms with Crippen molar-refractivity contribution < 1.29 is 4.79 Å². The molecule has 3 aromatic rings. The molecule has 3 rings (SSSR count). The second-order valence-electron chi connectivity index (χ2n) is 3.98. The van der Waals surface area contributed by atoms with Gasteiger partial charge in [0, 0.05) is 23.6 Å². The van der Waals surface area contributed by atoms with Crippen LogP contribution in [-0.4, -0.2) is 26.3 Å². The highest BCUT2D eigenvalue weighted by molar-refractivity contribution is 6.03. The molecule has 3 N–H and O–H groups in total. The van der Waals surface area contributed by atoms with E-state index >= 15 is 0 Å². The number of rotatable bonds is 3. The molecule has 0 aliphatic rings. The van der Waals surface area contributed by atoms with E-state index in [1.54, 1.807) is 12.3 Å². The van der Waals surface area contributed by atoms with Gasteiger partial charge in [-0.05, 0) is 24.3 Å². The number of hydrogen-bond donors (Lipinski definition) is 3. The third-order valence-electron chi connectivity index (χ3n) is 2.68. The van der Waals surface area contributed by atoms with Crippen molar-refractivity contribution in [1.82, 2.24) is 20.4 Å². The summed E-state index contributed by atoms with van der Waals surface area (Å²) in [6, 6.07) is 11.0. The molecule has 94 valence electrons. The zero-order valence-corrected chi connectivity index (χ0v) is 9.92. The van der Waals surface area contributed by atoms with E-state index in [9.17, 15) is 4.79 Å². The van der Waals surface area contributed by atoms with E-state index in [4.69, 9.17) is 0 Å². The number of benzene rings is 1. The number of anilines is 1. The summed E-state index contributed by atoms with van der Waals surface area (Å²) < 4.78 is 0. The maximum absolute atomic E-state index is 11.9. The number of nitrogens with zero attached hydrogens (tertiary/aromatic N) is 2. The Morgan fingerprint density at radius 2 is 1.89 bits per heavy atom. The van der Waals surface area contributed by atoms with Gasteiger partial charge in [-0.2, -0.15) is 10.2 Å². The molecule has 0 atom stereocenters. The lowest BCUT2D eigenvalue weighted by Crippen LogP contribution is -2.12. The van der Waals surface area contributed by atoms with E-state index in [2.05, 4.69) is 25.7 Å². The Balaban J connectivity index is 1.82. The van der Waals surface area contributed by atoms with Crippen LogP contribution in [0.25, 0.3) is 11.3 Å². The molecule has 0 aliphatic heterocycles. The minimum absolute atomic E-state index is 0.223. The summed E-state index contributed by atoms with van der Waals surface area (Å²) in [5.74, 6) is -0.223. The Morgan fingerprint density at radius 1 is 1.05 bits per heavy atom. The van der Waals surface area contributed by atoms with Gasteiger partial charge >= 0.3 is 0 Å². The highest BCUT2D eigenvalue weighted by atomic mass is 16.1. The number of H-pyrrole nitrogens is 2. The van der Waals surface area contributed by atoms with Gasteiger partial charge in [0.2, 0.25) is 0 Å². The zero-order chi connectivity index (χ0) is 13.1. The molecule has 19 heavy (non-hydrogen) atoms. The first-order valence-electron chi connectivity index (χ1n) is 5.73. The SMILES string of the molecule is O=C(Nc1cccc(-c2ccn[nH]2)c1)c1ccn[nH]1. The monoisotopic (exact) mass is 253 g/mol. The van der Waals surface area contributed by atoms with Crippen LogP contribution in [0.2, 0.25) is 0 Å². The Bertz CT molecular complexity index is 673. The molecule has 2 aromatic heterocycles. The molecule has 2 heterocycles. The molecule has 0 radical (unpaired) electrons. The fraction of sp³-hybridized carbons (Fsp3) is 0. The first-order valence-corrected chi connectivity index (χ1v) is 5.73. The minimum Gasteiger partial charge on any atom is -0.321 e. The normalized spacial score (nSPS) is 10.3. The van der Waals surface area contributed by atoms with Crippen LogP contribution in [0, 0.1) is 0 Å². The van der Waals surface area contributed by atoms with Gasteiger partial charge in [-0.15, -0.1) is 0 Å². The fourth-order valence-corrected chi connectivity index (χ4v) is 1.76. The summed E-state index contributed by atoms with van der Waals surface area (Å²) in [5.41, 5.74) is 3.00. The topological polar surface area (TPSA) is 86.5 Å². The third kappa shape index (κ3) is 2.37. The Morgan fingerprint density at radius 3 is 2.63 bits per heavy atom. The van der Waals surface area contributed by atoms with Gasteiger partial charge in [0.25, 0.3) is 5.91 Å². The quantitative estimate of drug-likeness (QED) is 0.667. The molecular weight excluding hydrogens is 242 g/mol. The molecule has 6 nitrogen and oxygen atoms in total. The van der Waals surface area contributed by atoms with Crippen LogP contribution in [0.15, 0.2) is 48.8 Å². The summed E-state index contributed by atoms with van der Waals surface area (Å²) in [7, 11) is 0. The highest BCUT2D eigenvalue weighted by Gasteiger charge is 2.07. The van der Waals surface area contributed by atoms with Gasteiger partial charge in [0.05, 0.1) is 5.69 Å². The van der Waals surface area contributed by atoms with Crippen molar-refractivity contribution in [3.8, 4) is 11.3 Å². The summed E-state index contributed by atoms with van der Waals surface area (Å²) in [6.45, 7) is 0. The van der Waals surface area contributed by atoms with E-state index in [0.717, 1.165) is 11.3 Å². The molecular formula is C13H11N5O. The molecule has 0 unspecified atom stereocenters. The lowest BCUT2D eigenvalue weighted by atomic mass is 10.1. The van der Waals surface area contributed by atoms with Crippen LogP contribution in [0.1, 0.15) is 10.5 Å². The second kappa shape index (κ2) is 4.77. The molecule has 0 aliphatic carbocycles. The Hall–Kier alpha value is -2.89. The van der Waals surface area contributed by atoms with E-state index in [-0.39, 0.29) is 5.91 Å². The molecule has 6 heteroatoms.